The summed E-state index contributed by atoms with van der Waals surface area (Å²) in [4.78, 5) is 2.45. The van der Waals surface area contributed by atoms with Gasteiger partial charge in [-0.2, -0.15) is 0 Å². The zero-order valence-corrected chi connectivity index (χ0v) is 14.4. The van der Waals surface area contributed by atoms with Crippen LogP contribution in [0.2, 0.25) is 0 Å². The Hall–Kier alpha value is -0.380. The Balaban J connectivity index is 2.67. The number of rotatable bonds is 7. The van der Waals surface area contributed by atoms with Gasteiger partial charge in [-0.25, -0.2) is 0 Å². The van der Waals surface area contributed by atoms with Crippen LogP contribution in [0.4, 0.5) is 0 Å². The van der Waals surface area contributed by atoms with Gasteiger partial charge in [-0.3, -0.25) is 0 Å². The second-order valence-electron chi connectivity index (χ2n) is 5.74. The Morgan fingerprint density at radius 1 is 1.32 bits per heavy atom. The number of benzene rings is 1. The van der Waals surface area contributed by atoms with Crippen molar-refractivity contribution in [3.05, 3.63) is 34.3 Å². The topological polar surface area (TPSA) is 15.3 Å². The molecule has 108 valence electrons. The van der Waals surface area contributed by atoms with Gasteiger partial charge >= 0.3 is 0 Å². The minimum absolute atomic E-state index is 0.270. The summed E-state index contributed by atoms with van der Waals surface area (Å²) < 4.78 is 1.19. The predicted molar refractivity (Wildman–Crippen MR) is 87.6 cm³/mol. The maximum atomic E-state index is 3.64. The molecule has 1 N–H and O–H groups in total. The molecule has 0 saturated carbocycles. The lowest BCUT2D eigenvalue weighted by molar-refractivity contribution is 0.144. The highest BCUT2D eigenvalue weighted by molar-refractivity contribution is 9.10. The van der Waals surface area contributed by atoms with Crippen LogP contribution in [0.3, 0.4) is 0 Å². The third-order valence-corrected chi connectivity index (χ3v) is 5.00. The third-order valence-electron chi connectivity index (χ3n) is 4.28. The molecule has 0 aromatic heterocycles. The molecule has 3 heteroatoms. The summed E-state index contributed by atoms with van der Waals surface area (Å²) in [5.74, 6) is 0. The van der Waals surface area contributed by atoms with Crippen LogP contribution in [-0.4, -0.2) is 31.1 Å². The second-order valence-corrected chi connectivity index (χ2v) is 6.59. The van der Waals surface area contributed by atoms with Gasteiger partial charge in [0.2, 0.25) is 0 Å². The molecule has 0 spiro atoms. The Labute approximate surface area is 126 Å². The fraction of sp³-hybridized carbons (Fsp3) is 0.625. The number of nitrogens with one attached hydrogen (secondary N) is 1. The van der Waals surface area contributed by atoms with E-state index in [-0.39, 0.29) is 5.54 Å². The first kappa shape index (κ1) is 16.7. The number of halogens is 1. The average Bonchev–Trinajstić information content (AvgIpc) is 2.40. The van der Waals surface area contributed by atoms with Gasteiger partial charge in [0, 0.05) is 22.6 Å². The van der Waals surface area contributed by atoms with Crippen LogP contribution >= 0.6 is 15.9 Å². The maximum absolute atomic E-state index is 3.64. The number of nitrogens with zero attached hydrogens (tertiary/aromatic N) is 1. The molecule has 0 radical (unpaired) electrons. The van der Waals surface area contributed by atoms with E-state index in [1.54, 1.807) is 0 Å². The van der Waals surface area contributed by atoms with Gasteiger partial charge < -0.3 is 10.2 Å². The standard InChI is InChI=1S/C16H27BrN2/c1-6-16(2,3)19(5)12-11-15(18-4)13-9-7-8-10-14(13)17/h7-10,15,18H,6,11-12H2,1-5H3. The molecule has 19 heavy (non-hydrogen) atoms. The lowest BCUT2D eigenvalue weighted by Gasteiger charge is -2.35. The highest BCUT2D eigenvalue weighted by Gasteiger charge is 2.22. The first-order chi connectivity index (χ1) is 8.92. The molecule has 0 fully saturated rings. The molecule has 0 bridgehead atoms. The van der Waals surface area contributed by atoms with Crippen LogP contribution < -0.4 is 5.32 Å². The van der Waals surface area contributed by atoms with E-state index >= 15 is 0 Å². The fourth-order valence-electron chi connectivity index (χ4n) is 2.11. The van der Waals surface area contributed by atoms with Crippen molar-refractivity contribution in [1.29, 1.82) is 0 Å². The third kappa shape index (κ3) is 4.59. The first-order valence-electron chi connectivity index (χ1n) is 7.05. The normalized spacial score (nSPS) is 13.8. The van der Waals surface area contributed by atoms with E-state index in [1.165, 1.54) is 16.5 Å². The van der Waals surface area contributed by atoms with E-state index in [0.29, 0.717) is 6.04 Å². The van der Waals surface area contributed by atoms with Crippen LogP contribution in [0, 0.1) is 0 Å². The molecule has 0 aliphatic carbocycles. The molecular weight excluding hydrogens is 300 g/mol. The Bertz CT molecular complexity index is 390. The van der Waals surface area contributed by atoms with Crippen molar-refractivity contribution in [2.24, 2.45) is 0 Å². The van der Waals surface area contributed by atoms with Crippen molar-refractivity contribution in [1.82, 2.24) is 10.2 Å². The Morgan fingerprint density at radius 3 is 2.47 bits per heavy atom. The highest BCUT2D eigenvalue weighted by atomic mass is 79.9. The van der Waals surface area contributed by atoms with E-state index in [4.69, 9.17) is 0 Å². The summed E-state index contributed by atoms with van der Waals surface area (Å²) in [6.45, 7) is 7.95. The predicted octanol–water partition coefficient (Wildman–Crippen LogP) is 4.22. The van der Waals surface area contributed by atoms with Crippen molar-refractivity contribution >= 4 is 15.9 Å². The van der Waals surface area contributed by atoms with Crippen molar-refractivity contribution in [2.75, 3.05) is 20.6 Å². The molecule has 0 heterocycles. The molecule has 0 aliphatic rings. The average molecular weight is 327 g/mol. The van der Waals surface area contributed by atoms with E-state index < -0.39 is 0 Å². The van der Waals surface area contributed by atoms with Crippen LogP contribution in [0.5, 0.6) is 0 Å². The van der Waals surface area contributed by atoms with Crippen molar-refractivity contribution in [3.63, 3.8) is 0 Å². The van der Waals surface area contributed by atoms with Gasteiger partial charge in [0.15, 0.2) is 0 Å². The fourth-order valence-corrected chi connectivity index (χ4v) is 2.67. The summed E-state index contributed by atoms with van der Waals surface area (Å²) in [5.41, 5.74) is 1.61. The number of hydrogen-bond donors (Lipinski definition) is 1. The van der Waals surface area contributed by atoms with Gasteiger partial charge in [-0.15, -0.1) is 0 Å². The van der Waals surface area contributed by atoms with Crippen LogP contribution in [0.25, 0.3) is 0 Å². The van der Waals surface area contributed by atoms with E-state index in [1.807, 2.05) is 7.05 Å². The van der Waals surface area contributed by atoms with Gasteiger partial charge in [-0.1, -0.05) is 41.1 Å². The van der Waals surface area contributed by atoms with Gasteiger partial charge in [0.1, 0.15) is 0 Å². The SMILES string of the molecule is CCC(C)(C)N(C)CCC(NC)c1ccccc1Br. The second kappa shape index (κ2) is 7.41. The maximum Gasteiger partial charge on any atom is 0.0340 e. The summed E-state index contributed by atoms with van der Waals surface area (Å²) >= 11 is 3.64. The molecule has 0 aliphatic heterocycles. The quantitative estimate of drug-likeness (QED) is 0.807. The summed E-state index contributed by atoms with van der Waals surface area (Å²) in [6, 6.07) is 8.86. The minimum atomic E-state index is 0.270. The molecule has 1 rings (SSSR count). The smallest absolute Gasteiger partial charge is 0.0340 e. The first-order valence-corrected chi connectivity index (χ1v) is 7.84. The minimum Gasteiger partial charge on any atom is -0.313 e. The van der Waals surface area contributed by atoms with E-state index in [2.05, 4.69) is 78.2 Å². The molecule has 1 aromatic rings. The molecule has 1 aromatic carbocycles. The molecule has 0 saturated heterocycles. The Morgan fingerprint density at radius 2 is 1.95 bits per heavy atom. The van der Waals surface area contributed by atoms with E-state index in [9.17, 15) is 0 Å². The van der Waals surface area contributed by atoms with E-state index in [0.717, 1.165) is 13.0 Å². The van der Waals surface area contributed by atoms with Crippen LogP contribution in [-0.2, 0) is 0 Å². The van der Waals surface area contributed by atoms with Gasteiger partial charge in [-0.05, 0) is 52.4 Å². The lowest BCUT2D eigenvalue weighted by atomic mass is 9.98. The highest BCUT2D eigenvalue weighted by Crippen LogP contribution is 2.26. The molecule has 1 unspecified atom stereocenters. The largest absolute Gasteiger partial charge is 0.313 e. The molecule has 1 atom stereocenters. The van der Waals surface area contributed by atoms with Crippen molar-refractivity contribution in [3.8, 4) is 0 Å². The van der Waals surface area contributed by atoms with Crippen molar-refractivity contribution in [2.45, 2.75) is 45.2 Å². The zero-order valence-electron chi connectivity index (χ0n) is 12.8. The molecule has 0 amide bonds. The van der Waals surface area contributed by atoms with Crippen LogP contribution in [0.15, 0.2) is 28.7 Å². The Kier molecular flexibility index (Phi) is 6.51. The summed E-state index contributed by atoms with van der Waals surface area (Å²) in [7, 11) is 4.26. The van der Waals surface area contributed by atoms with Crippen molar-refractivity contribution < 1.29 is 0 Å². The molecular formula is C16H27BrN2. The molecule has 2 nitrogen and oxygen atoms in total. The van der Waals surface area contributed by atoms with Crippen LogP contribution in [0.1, 0.15) is 45.2 Å². The monoisotopic (exact) mass is 326 g/mol. The number of hydrogen-bond acceptors (Lipinski definition) is 2. The zero-order chi connectivity index (χ0) is 14.5. The summed E-state index contributed by atoms with van der Waals surface area (Å²) in [6.07, 6.45) is 2.28. The van der Waals surface area contributed by atoms with Gasteiger partial charge in [0.25, 0.3) is 0 Å². The van der Waals surface area contributed by atoms with Gasteiger partial charge in [0.05, 0.1) is 0 Å². The summed E-state index contributed by atoms with van der Waals surface area (Å²) in [5, 5.41) is 3.43. The lowest BCUT2D eigenvalue weighted by Crippen LogP contribution is -2.41.